The number of aromatic nitrogens is 3. The molecule has 1 N–H and O–H groups in total. The lowest BCUT2D eigenvalue weighted by Gasteiger charge is -2.20. The Balaban J connectivity index is 1.66. The lowest BCUT2D eigenvalue weighted by Crippen LogP contribution is -2.23. The SMILES string of the molecule is CC(C)C[C@@H](NCc1ccc(-n2cccn2)cc1)c1ccccn1. The van der Waals surface area contributed by atoms with Gasteiger partial charge in [0.15, 0.2) is 0 Å². The predicted octanol–water partition coefficient (Wildman–Crippen LogP) is 4.14. The zero-order chi connectivity index (χ0) is 16.8. The van der Waals surface area contributed by atoms with Crippen LogP contribution in [-0.4, -0.2) is 14.8 Å². The van der Waals surface area contributed by atoms with Crippen molar-refractivity contribution >= 4 is 0 Å². The third kappa shape index (κ3) is 4.30. The molecule has 3 aromatic rings. The summed E-state index contributed by atoms with van der Waals surface area (Å²) in [5.41, 5.74) is 3.45. The third-order valence-corrected chi connectivity index (χ3v) is 4.01. The van der Waals surface area contributed by atoms with Crippen LogP contribution in [0.5, 0.6) is 0 Å². The fourth-order valence-corrected chi connectivity index (χ4v) is 2.79. The van der Waals surface area contributed by atoms with E-state index in [1.54, 1.807) is 6.20 Å². The van der Waals surface area contributed by atoms with Crippen LogP contribution in [0.1, 0.15) is 37.6 Å². The molecule has 0 bridgehead atoms. The number of hydrogen-bond donors (Lipinski definition) is 1. The summed E-state index contributed by atoms with van der Waals surface area (Å²) in [4.78, 5) is 4.52. The van der Waals surface area contributed by atoms with Crippen molar-refractivity contribution in [3.8, 4) is 5.69 Å². The Bertz CT molecular complexity index is 718. The van der Waals surface area contributed by atoms with Crippen LogP contribution < -0.4 is 5.32 Å². The molecular weight excluding hydrogens is 296 g/mol. The summed E-state index contributed by atoms with van der Waals surface area (Å²) in [5, 5.41) is 7.91. The van der Waals surface area contributed by atoms with E-state index in [4.69, 9.17) is 0 Å². The molecule has 0 aliphatic heterocycles. The normalized spacial score (nSPS) is 12.5. The summed E-state index contributed by atoms with van der Waals surface area (Å²) in [6.45, 7) is 5.32. The molecule has 4 heteroatoms. The number of benzene rings is 1. The number of rotatable bonds is 7. The van der Waals surface area contributed by atoms with Gasteiger partial charge in [-0.15, -0.1) is 0 Å². The van der Waals surface area contributed by atoms with Crippen molar-refractivity contribution in [3.63, 3.8) is 0 Å². The molecule has 0 saturated heterocycles. The first-order valence-corrected chi connectivity index (χ1v) is 8.45. The van der Waals surface area contributed by atoms with Gasteiger partial charge in [0.05, 0.1) is 11.4 Å². The van der Waals surface area contributed by atoms with Crippen LogP contribution in [0.15, 0.2) is 67.1 Å². The van der Waals surface area contributed by atoms with Gasteiger partial charge in [0.2, 0.25) is 0 Å². The monoisotopic (exact) mass is 320 g/mol. The molecule has 24 heavy (non-hydrogen) atoms. The van der Waals surface area contributed by atoms with E-state index in [0.29, 0.717) is 5.92 Å². The van der Waals surface area contributed by atoms with Gasteiger partial charge in [-0.1, -0.05) is 32.0 Å². The molecule has 2 aromatic heterocycles. The minimum Gasteiger partial charge on any atom is -0.305 e. The van der Waals surface area contributed by atoms with Crippen molar-refractivity contribution in [1.29, 1.82) is 0 Å². The number of pyridine rings is 1. The summed E-state index contributed by atoms with van der Waals surface area (Å²) < 4.78 is 1.87. The van der Waals surface area contributed by atoms with E-state index in [0.717, 1.165) is 24.3 Å². The predicted molar refractivity (Wildman–Crippen MR) is 96.8 cm³/mol. The van der Waals surface area contributed by atoms with Crippen molar-refractivity contribution < 1.29 is 0 Å². The van der Waals surface area contributed by atoms with Crippen LogP contribution in [0.3, 0.4) is 0 Å². The Morgan fingerprint density at radius 2 is 1.83 bits per heavy atom. The average Bonchev–Trinajstić information content (AvgIpc) is 3.14. The molecule has 1 atom stereocenters. The van der Waals surface area contributed by atoms with Crippen LogP contribution in [0.2, 0.25) is 0 Å². The van der Waals surface area contributed by atoms with E-state index in [1.165, 1.54) is 5.56 Å². The standard InChI is InChI=1S/C20H24N4/c1-16(2)14-20(19-6-3-4-11-21-19)22-15-17-7-9-18(10-8-17)24-13-5-12-23-24/h3-13,16,20,22H,14-15H2,1-2H3/t20-/m1/s1. The zero-order valence-corrected chi connectivity index (χ0v) is 14.3. The van der Waals surface area contributed by atoms with Crippen LogP contribution in [-0.2, 0) is 6.54 Å². The molecular formula is C20H24N4. The van der Waals surface area contributed by atoms with Crippen LogP contribution >= 0.6 is 0 Å². The Hall–Kier alpha value is -2.46. The van der Waals surface area contributed by atoms with Gasteiger partial charge in [0.25, 0.3) is 0 Å². The Kier molecular flexibility index (Phi) is 5.39. The Labute approximate surface area is 143 Å². The number of nitrogens with zero attached hydrogens (tertiary/aromatic N) is 3. The second kappa shape index (κ2) is 7.88. The fraction of sp³-hybridized carbons (Fsp3) is 0.300. The lowest BCUT2D eigenvalue weighted by molar-refractivity contribution is 0.421. The van der Waals surface area contributed by atoms with E-state index in [2.05, 4.69) is 65.6 Å². The highest BCUT2D eigenvalue weighted by Gasteiger charge is 2.13. The van der Waals surface area contributed by atoms with Gasteiger partial charge in [-0.05, 0) is 48.2 Å². The van der Waals surface area contributed by atoms with Gasteiger partial charge in [0, 0.05) is 31.2 Å². The van der Waals surface area contributed by atoms with E-state index < -0.39 is 0 Å². The second-order valence-electron chi connectivity index (χ2n) is 6.43. The molecule has 0 saturated carbocycles. The molecule has 0 spiro atoms. The first-order chi connectivity index (χ1) is 11.7. The Morgan fingerprint density at radius 3 is 2.46 bits per heavy atom. The van der Waals surface area contributed by atoms with Crippen molar-refractivity contribution in [1.82, 2.24) is 20.1 Å². The smallest absolute Gasteiger partial charge is 0.0645 e. The molecule has 2 heterocycles. The van der Waals surface area contributed by atoms with Crippen LogP contribution in [0.25, 0.3) is 5.69 Å². The highest BCUT2D eigenvalue weighted by molar-refractivity contribution is 5.33. The van der Waals surface area contributed by atoms with Crippen molar-refractivity contribution in [2.75, 3.05) is 0 Å². The number of nitrogens with one attached hydrogen (secondary N) is 1. The molecule has 3 rings (SSSR count). The summed E-state index contributed by atoms with van der Waals surface area (Å²) in [7, 11) is 0. The first kappa shape index (κ1) is 16.4. The van der Waals surface area contributed by atoms with Crippen LogP contribution in [0.4, 0.5) is 0 Å². The molecule has 0 amide bonds. The van der Waals surface area contributed by atoms with Gasteiger partial charge in [0.1, 0.15) is 0 Å². The van der Waals surface area contributed by atoms with Gasteiger partial charge in [-0.3, -0.25) is 4.98 Å². The van der Waals surface area contributed by atoms with E-state index in [-0.39, 0.29) is 6.04 Å². The van der Waals surface area contributed by atoms with Gasteiger partial charge < -0.3 is 5.32 Å². The minimum atomic E-state index is 0.275. The van der Waals surface area contributed by atoms with Gasteiger partial charge >= 0.3 is 0 Å². The summed E-state index contributed by atoms with van der Waals surface area (Å²) >= 11 is 0. The van der Waals surface area contributed by atoms with Crippen LogP contribution in [0, 0.1) is 5.92 Å². The molecule has 4 nitrogen and oxygen atoms in total. The second-order valence-corrected chi connectivity index (χ2v) is 6.43. The number of hydrogen-bond acceptors (Lipinski definition) is 3. The van der Waals surface area contributed by atoms with Gasteiger partial charge in [-0.2, -0.15) is 5.10 Å². The van der Waals surface area contributed by atoms with Gasteiger partial charge in [-0.25, -0.2) is 4.68 Å². The molecule has 1 aromatic carbocycles. The maximum absolute atomic E-state index is 4.52. The highest BCUT2D eigenvalue weighted by Crippen LogP contribution is 2.20. The third-order valence-electron chi connectivity index (χ3n) is 4.01. The molecule has 0 aliphatic rings. The van der Waals surface area contributed by atoms with Crippen molar-refractivity contribution in [2.45, 2.75) is 32.9 Å². The maximum atomic E-state index is 4.52. The maximum Gasteiger partial charge on any atom is 0.0645 e. The summed E-state index contributed by atoms with van der Waals surface area (Å²) in [6.07, 6.45) is 6.68. The van der Waals surface area contributed by atoms with E-state index in [9.17, 15) is 0 Å². The summed E-state index contributed by atoms with van der Waals surface area (Å²) in [6, 6.07) is 16.8. The lowest BCUT2D eigenvalue weighted by atomic mass is 10.0. The van der Waals surface area contributed by atoms with Crippen molar-refractivity contribution in [2.24, 2.45) is 5.92 Å². The zero-order valence-electron chi connectivity index (χ0n) is 14.3. The van der Waals surface area contributed by atoms with E-state index >= 15 is 0 Å². The average molecular weight is 320 g/mol. The Morgan fingerprint density at radius 1 is 1.00 bits per heavy atom. The van der Waals surface area contributed by atoms with E-state index in [1.807, 2.05) is 29.2 Å². The molecule has 0 unspecified atom stereocenters. The molecule has 124 valence electrons. The fourth-order valence-electron chi connectivity index (χ4n) is 2.79. The summed E-state index contributed by atoms with van der Waals surface area (Å²) in [5.74, 6) is 0.617. The topological polar surface area (TPSA) is 42.7 Å². The first-order valence-electron chi connectivity index (χ1n) is 8.45. The highest BCUT2D eigenvalue weighted by atomic mass is 15.3. The molecule has 0 radical (unpaired) electrons. The molecule has 0 aliphatic carbocycles. The van der Waals surface area contributed by atoms with Crippen molar-refractivity contribution in [3.05, 3.63) is 78.4 Å². The molecule has 0 fully saturated rings. The quantitative estimate of drug-likeness (QED) is 0.711. The largest absolute Gasteiger partial charge is 0.305 e. The minimum absolute atomic E-state index is 0.275.